The maximum Gasteiger partial charge on any atom is 0.320 e. The van der Waals surface area contributed by atoms with Gasteiger partial charge in [-0.1, -0.05) is 30.3 Å². The zero-order valence-electron chi connectivity index (χ0n) is 11.2. The van der Waals surface area contributed by atoms with E-state index in [4.69, 9.17) is 0 Å². The van der Waals surface area contributed by atoms with Gasteiger partial charge in [-0.25, -0.2) is 9.98 Å². The number of H-pyrrole nitrogens is 1. The lowest BCUT2D eigenvalue weighted by Gasteiger charge is -2.13. The molecule has 0 fully saturated rings. The van der Waals surface area contributed by atoms with Crippen LogP contribution in [0.2, 0.25) is 0 Å². The highest BCUT2D eigenvalue weighted by molar-refractivity contribution is 6.09. The minimum absolute atomic E-state index is 0.180. The maximum absolute atomic E-state index is 14.5. The van der Waals surface area contributed by atoms with E-state index < -0.39 is 17.2 Å². The highest BCUT2D eigenvalue weighted by Gasteiger charge is 2.46. The Hall–Kier alpha value is -2.89. The molecular weight excluding hydrogens is 288 g/mol. The smallest absolute Gasteiger partial charge is 0.305 e. The quantitative estimate of drug-likeness (QED) is 0.750. The van der Waals surface area contributed by atoms with E-state index in [1.807, 2.05) is 0 Å². The summed E-state index contributed by atoms with van der Waals surface area (Å²) >= 11 is 0. The molecule has 0 amide bonds. The Labute approximate surface area is 123 Å². The molecule has 2 aromatic carbocycles. The summed E-state index contributed by atoms with van der Waals surface area (Å²) in [6, 6.07) is 12.6. The molecule has 108 valence electrons. The lowest BCUT2D eigenvalue weighted by molar-refractivity contribution is 0.0805. The monoisotopic (exact) mass is 297 g/mol. The molecule has 4 nitrogen and oxygen atoms in total. The fourth-order valence-electron chi connectivity index (χ4n) is 2.56. The number of rotatable bonds is 1. The Balaban J connectivity index is 1.96. The van der Waals surface area contributed by atoms with Crippen LogP contribution in [0.5, 0.6) is 0 Å². The van der Waals surface area contributed by atoms with Crippen LogP contribution in [0, 0.1) is 0 Å². The highest BCUT2D eigenvalue weighted by Crippen LogP contribution is 2.43. The van der Waals surface area contributed by atoms with Crippen molar-refractivity contribution in [1.29, 1.82) is 0 Å². The van der Waals surface area contributed by atoms with Gasteiger partial charge in [0.25, 0.3) is 5.56 Å². The van der Waals surface area contributed by atoms with Crippen molar-refractivity contribution in [1.82, 2.24) is 9.97 Å². The Bertz CT molecular complexity index is 992. The Morgan fingerprint density at radius 2 is 1.73 bits per heavy atom. The van der Waals surface area contributed by atoms with Crippen LogP contribution in [-0.2, 0) is 5.92 Å². The van der Waals surface area contributed by atoms with Gasteiger partial charge < -0.3 is 4.98 Å². The molecule has 1 aromatic heterocycles. The lowest BCUT2D eigenvalue weighted by Crippen LogP contribution is -2.27. The highest BCUT2D eigenvalue weighted by atomic mass is 19.3. The van der Waals surface area contributed by atoms with Gasteiger partial charge >= 0.3 is 5.92 Å². The van der Waals surface area contributed by atoms with Crippen LogP contribution >= 0.6 is 0 Å². The third kappa shape index (κ3) is 1.70. The Morgan fingerprint density at radius 3 is 2.55 bits per heavy atom. The van der Waals surface area contributed by atoms with Crippen molar-refractivity contribution in [3.05, 3.63) is 70.3 Å². The molecule has 1 N–H and O–H groups in total. The van der Waals surface area contributed by atoms with E-state index >= 15 is 0 Å². The fourth-order valence-corrected chi connectivity index (χ4v) is 2.56. The van der Waals surface area contributed by atoms with Gasteiger partial charge in [0.15, 0.2) is 11.5 Å². The van der Waals surface area contributed by atoms with E-state index in [-0.39, 0.29) is 17.1 Å². The first kappa shape index (κ1) is 12.8. The first-order valence-electron chi connectivity index (χ1n) is 6.63. The summed E-state index contributed by atoms with van der Waals surface area (Å²) in [5, 5.41) is 0.352. The average Bonchev–Trinajstić information content (AvgIpc) is 2.79. The molecule has 0 saturated carbocycles. The number of aromatic amines is 1. The summed E-state index contributed by atoms with van der Waals surface area (Å²) < 4.78 is 29.1. The Kier molecular flexibility index (Phi) is 2.51. The second-order valence-electron chi connectivity index (χ2n) is 4.98. The van der Waals surface area contributed by atoms with Gasteiger partial charge in [-0.2, -0.15) is 8.78 Å². The number of alkyl halides is 2. The summed E-state index contributed by atoms with van der Waals surface area (Å²) in [6.45, 7) is 0. The SMILES string of the molecule is O=c1[nH]c(C2=Nc3ccccc3C2(F)F)nc2ccccc12. The number of benzene rings is 2. The number of fused-ring (bicyclic) bond motifs is 2. The van der Waals surface area contributed by atoms with E-state index in [0.717, 1.165) is 0 Å². The number of halogens is 2. The molecule has 0 radical (unpaired) electrons. The maximum atomic E-state index is 14.5. The number of aromatic nitrogens is 2. The van der Waals surface area contributed by atoms with Crippen molar-refractivity contribution in [2.45, 2.75) is 5.92 Å². The van der Waals surface area contributed by atoms with Crippen LogP contribution in [0.15, 0.2) is 58.3 Å². The van der Waals surface area contributed by atoms with Crippen LogP contribution in [0.25, 0.3) is 10.9 Å². The standard InChI is InChI=1S/C16H9F2N3O/c17-16(18)10-6-2-4-8-12(10)19-13(16)14-20-11-7-3-1-5-9(11)15(22)21-14/h1-8H,(H,20,21,22). The fraction of sp³-hybridized carbons (Fsp3) is 0.0625. The molecule has 3 aromatic rings. The molecular formula is C16H9F2N3O. The lowest BCUT2D eigenvalue weighted by atomic mass is 10.1. The van der Waals surface area contributed by atoms with Crippen LogP contribution in [0.1, 0.15) is 11.4 Å². The second kappa shape index (κ2) is 4.30. The van der Waals surface area contributed by atoms with Crippen LogP contribution in [-0.4, -0.2) is 15.7 Å². The van der Waals surface area contributed by atoms with Gasteiger partial charge in [0.05, 0.1) is 22.2 Å². The molecule has 6 heteroatoms. The topological polar surface area (TPSA) is 58.1 Å². The number of nitrogens with zero attached hydrogens (tertiary/aromatic N) is 2. The molecule has 22 heavy (non-hydrogen) atoms. The molecule has 4 rings (SSSR count). The normalized spacial score (nSPS) is 15.6. The number of hydrogen-bond donors (Lipinski definition) is 1. The number of hydrogen-bond acceptors (Lipinski definition) is 3. The molecule has 1 aliphatic rings. The predicted octanol–water partition coefficient (Wildman–Crippen LogP) is 3.15. The van der Waals surface area contributed by atoms with E-state index in [2.05, 4.69) is 15.0 Å². The summed E-state index contributed by atoms with van der Waals surface area (Å²) in [4.78, 5) is 22.5. The van der Waals surface area contributed by atoms with Crippen molar-refractivity contribution in [2.24, 2.45) is 4.99 Å². The third-order valence-electron chi connectivity index (χ3n) is 3.61. The molecule has 0 unspecified atom stereocenters. The van der Waals surface area contributed by atoms with Crippen LogP contribution in [0.4, 0.5) is 14.5 Å². The van der Waals surface area contributed by atoms with E-state index in [0.29, 0.717) is 10.9 Å². The zero-order chi connectivity index (χ0) is 15.3. The average molecular weight is 297 g/mol. The van der Waals surface area contributed by atoms with E-state index in [9.17, 15) is 13.6 Å². The molecule has 1 aliphatic heterocycles. The third-order valence-corrected chi connectivity index (χ3v) is 3.61. The van der Waals surface area contributed by atoms with Gasteiger partial charge in [-0.05, 0) is 18.2 Å². The van der Waals surface area contributed by atoms with Crippen molar-refractivity contribution in [3.8, 4) is 0 Å². The van der Waals surface area contributed by atoms with Crippen molar-refractivity contribution in [2.75, 3.05) is 0 Å². The first-order chi connectivity index (χ1) is 10.6. The number of aliphatic imine (C=N–C) groups is 1. The van der Waals surface area contributed by atoms with Crippen LogP contribution in [0.3, 0.4) is 0 Å². The number of para-hydroxylation sites is 2. The van der Waals surface area contributed by atoms with Gasteiger partial charge in [0, 0.05) is 0 Å². The number of nitrogens with one attached hydrogen (secondary N) is 1. The van der Waals surface area contributed by atoms with Gasteiger partial charge in [0.2, 0.25) is 0 Å². The molecule has 0 saturated heterocycles. The minimum atomic E-state index is -3.28. The van der Waals surface area contributed by atoms with Gasteiger partial charge in [-0.3, -0.25) is 4.79 Å². The molecule has 0 bridgehead atoms. The van der Waals surface area contributed by atoms with Crippen LogP contribution < -0.4 is 5.56 Å². The van der Waals surface area contributed by atoms with Crippen molar-refractivity contribution >= 4 is 22.3 Å². The zero-order valence-corrected chi connectivity index (χ0v) is 11.2. The van der Waals surface area contributed by atoms with Crippen molar-refractivity contribution < 1.29 is 8.78 Å². The van der Waals surface area contributed by atoms with Crippen molar-refractivity contribution in [3.63, 3.8) is 0 Å². The summed E-state index contributed by atoms with van der Waals surface area (Å²) in [5.41, 5.74) is -0.624. The molecule has 0 spiro atoms. The molecule has 0 atom stereocenters. The first-order valence-corrected chi connectivity index (χ1v) is 6.63. The summed E-state index contributed by atoms with van der Waals surface area (Å²) in [6.07, 6.45) is 0. The summed E-state index contributed by atoms with van der Waals surface area (Å²) in [5.74, 6) is -3.49. The molecule has 0 aliphatic carbocycles. The summed E-state index contributed by atoms with van der Waals surface area (Å²) in [7, 11) is 0. The van der Waals surface area contributed by atoms with Gasteiger partial charge in [-0.15, -0.1) is 0 Å². The van der Waals surface area contributed by atoms with E-state index in [1.165, 1.54) is 18.2 Å². The predicted molar refractivity (Wildman–Crippen MR) is 78.9 cm³/mol. The largest absolute Gasteiger partial charge is 0.320 e. The minimum Gasteiger partial charge on any atom is -0.305 e. The van der Waals surface area contributed by atoms with E-state index in [1.54, 1.807) is 30.3 Å². The van der Waals surface area contributed by atoms with Gasteiger partial charge in [0.1, 0.15) is 0 Å². The molecule has 2 heterocycles. The Morgan fingerprint density at radius 1 is 1.00 bits per heavy atom. The second-order valence-corrected chi connectivity index (χ2v) is 4.98.